The molecular formula is C14H14BrFN2. The second-order valence-electron chi connectivity index (χ2n) is 4.26. The summed E-state index contributed by atoms with van der Waals surface area (Å²) in [5.41, 5.74) is 2.42. The highest BCUT2D eigenvalue weighted by Crippen LogP contribution is 2.22. The molecule has 0 saturated heterocycles. The van der Waals surface area contributed by atoms with E-state index < -0.39 is 0 Å². The molecule has 0 saturated carbocycles. The lowest BCUT2D eigenvalue weighted by Crippen LogP contribution is -1.97. The van der Waals surface area contributed by atoms with Gasteiger partial charge in [0.25, 0.3) is 0 Å². The first-order valence-corrected chi connectivity index (χ1v) is 6.69. The first-order valence-electron chi connectivity index (χ1n) is 5.89. The Kier molecular flexibility index (Phi) is 4.07. The maximum Gasteiger partial charge on any atom is 0.130 e. The number of hydrogen-bond donors (Lipinski definition) is 0. The van der Waals surface area contributed by atoms with Crippen molar-refractivity contribution < 1.29 is 4.39 Å². The first kappa shape index (κ1) is 13.1. The van der Waals surface area contributed by atoms with Gasteiger partial charge in [-0.05, 0) is 59.1 Å². The molecule has 2 aromatic rings. The van der Waals surface area contributed by atoms with Crippen LogP contribution in [0.3, 0.4) is 0 Å². The average molecular weight is 309 g/mol. The Bertz CT molecular complexity index is 549. The number of aromatic nitrogens is 2. The predicted molar refractivity (Wildman–Crippen MR) is 73.9 cm³/mol. The topological polar surface area (TPSA) is 25.8 Å². The van der Waals surface area contributed by atoms with Crippen LogP contribution >= 0.6 is 15.9 Å². The van der Waals surface area contributed by atoms with E-state index in [1.54, 1.807) is 0 Å². The summed E-state index contributed by atoms with van der Waals surface area (Å²) in [5.74, 6) is 0.542. The third kappa shape index (κ3) is 3.13. The molecule has 18 heavy (non-hydrogen) atoms. The van der Waals surface area contributed by atoms with Crippen LogP contribution < -0.4 is 0 Å². The van der Waals surface area contributed by atoms with Crippen LogP contribution in [0.2, 0.25) is 0 Å². The average Bonchev–Trinajstić information content (AvgIpc) is 2.27. The van der Waals surface area contributed by atoms with Gasteiger partial charge >= 0.3 is 0 Å². The van der Waals surface area contributed by atoms with Gasteiger partial charge in [-0.25, -0.2) is 14.4 Å². The Balaban J connectivity index is 2.49. The van der Waals surface area contributed by atoms with Crippen molar-refractivity contribution in [3.05, 3.63) is 46.1 Å². The highest BCUT2D eigenvalue weighted by Gasteiger charge is 2.07. The van der Waals surface area contributed by atoms with Gasteiger partial charge < -0.3 is 0 Å². The molecule has 0 aliphatic heterocycles. The van der Waals surface area contributed by atoms with Gasteiger partial charge in [0.1, 0.15) is 16.2 Å². The summed E-state index contributed by atoms with van der Waals surface area (Å²) in [4.78, 5) is 8.77. The second kappa shape index (κ2) is 5.57. The van der Waals surface area contributed by atoms with Gasteiger partial charge in [0, 0.05) is 12.0 Å². The number of halogens is 2. The molecule has 0 amide bonds. The quantitative estimate of drug-likeness (QED) is 0.790. The maximum absolute atomic E-state index is 13.4. The molecular weight excluding hydrogens is 295 g/mol. The van der Waals surface area contributed by atoms with Crippen LogP contribution in [0.5, 0.6) is 0 Å². The molecule has 1 aromatic heterocycles. The molecule has 0 fully saturated rings. The number of nitrogens with zero attached hydrogens (tertiary/aromatic N) is 2. The standard InChI is InChI=1S/C14H14BrFN2/c1-3-4-14-17-12(8-13(15)18-14)10-5-9(2)6-11(16)7-10/h5-8H,3-4H2,1-2H3. The van der Waals surface area contributed by atoms with Crippen molar-refractivity contribution in [2.45, 2.75) is 26.7 Å². The largest absolute Gasteiger partial charge is 0.233 e. The van der Waals surface area contributed by atoms with Crippen LogP contribution in [-0.4, -0.2) is 9.97 Å². The van der Waals surface area contributed by atoms with E-state index in [-0.39, 0.29) is 5.82 Å². The van der Waals surface area contributed by atoms with E-state index in [0.717, 1.165) is 40.1 Å². The van der Waals surface area contributed by atoms with Crippen molar-refractivity contribution in [3.63, 3.8) is 0 Å². The summed E-state index contributed by atoms with van der Waals surface area (Å²) in [6.07, 6.45) is 1.80. The van der Waals surface area contributed by atoms with Crippen LogP contribution in [0, 0.1) is 12.7 Å². The summed E-state index contributed by atoms with van der Waals surface area (Å²) in [7, 11) is 0. The Morgan fingerprint density at radius 2 is 1.94 bits per heavy atom. The molecule has 0 aliphatic carbocycles. The first-order chi connectivity index (χ1) is 8.58. The molecule has 94 valence electrons. The van der Waals surface area contributed by atoms with Gasteiger partial charge in [-0.1, -0.05) is 6.92 Å². The minimum absolute atomic E-state index is 0.239. The number of rotatable bonds is 3. The summed E-state index contributed by atoms with van der Waals surface area (Å²) in [5, 5.41) is 0. The highest BCUT2D eigenvalue weighted by molar-refractivity contribution is 9.10. The van der Waals surface area contributed by atoms with Crippen molar-refractivity contribution in [2.75, 3.05) is 0 Å². The summed E-state index contributed by atoms with van der Waals surface area (Å²) in [6, 6.07) is 6.74. The van der Waals surface area contributed by atoms with Crippen molar-refractivity contribution >= 4 is 15.9 Å². The lowest BCUT2D eigenvalue weighted by Gasteiger charge is -2.06. The van der Waals surface area contributed by atoms with Crippen LogP contribution in [-0.2, 0) is 6.42 Å². The van der Waals surface area contributed by atoms with Gasteiger partial charge in [0.05, 0.1) is 5.69 Å². The van der Waals surface area contributed by atoms with E-state index in [2.05, 4.69) is 32.8 Å². The number of aryl methyl sites for hydroxylation is 2. The Morgan fingerprint density at radius 3 is 2.61 bits per heavy atom. The van der Waals surface area contributed by atoms with E-state index in [4.69, 9.17) is 0 Å². The van der Waals surface area contributed by atoms with Gasteiger partial charge in [-0.3, -0.25) is 0 Å². The minimum atomic E-state index is -0.239. The summed E-state index contributed by atoms with van der Waals surface area (Å²) < 4.78 is 14.1. The van der Waals surface area contributed by atoms with Gasteiger partial charge in [0.15, 0.2) is 0 Å². The van der Waals surface area contributed by atoms with Crippen LogP contribution in [0.15, 0.2) is 28.9 Å². The lowest BCUT2D eigenvalue weighted by atomic mass is 10.1. The summed E-state index contributed by atoms with van der Waals surface area (Å²) >= 11 is 3.37. The van der Waals surface area contributed by atoms with E-state index in [0.29, 0.717) is 0 Å². The molecule has 0 aliphatic rings. The van der Waals surface area contributed by atoms with E-state index in [9.17, 15) is 4.39 Å². The van der Waals surface area contributed by atoms with Crippen LogP contribution in [0.1, 0.15) is 24.7 Å². The van der Waals surface area contributed by atoms with Gasteiger partial charge in [-0.15, -0.1) is 0 Å². The zero-order chi connectivity index (χ0) is 13.1. The second-order valence-corrected chi connectivity index (χ2v) is 5.07. The lowest BCUT2D eigenvalue weighted by molar-refractivity contribution is 0.627. The molecule has 2 rings (SSSR count). The van der Waals surface area contributed by atoms with E-state index >= 15 is 0 Å². The van der Waals surface area contributed by atoms with E-state index in [1.807, 2.05) is 19.1 Å². The smallest absolute Gasteiger partial charge is 0.130 e. The Morgan fingerprint density at radius 1 is 1.17 bits per heavy atom. The fourth-order valence-electron chi connectivity index (χ4n) is 1.83. The third-order valence-corrected chi connectivity index (χ3v) is 2.96. The normalized spacial score (nSPS) is 10.7. The molecule has 0 spiro atoms. The molecule has 0 radical (unpaired) electrons. The maximum atomic E-state index is 13.4. The predicted octanol–water partition coefficient (Wildman–Crippen LogP) is 4.31. The zero-order valence-corrected chi connectivity index (χ0v) is 12.0. The van der Waals surface area contributed by atoms with Crippen molar-refractivity contribution in [1.29, 1.82) is 0 Å². The minimum Gasteiger partial charge on any atom is -0.233 e. The molecule has 0 unspecified atom stereocenters. The molecule has 1 aromatic carbocycles. The third-order valence-electron chi connectivity index (χ3n) is 2.55. The molecule has 1 heterocycles. The van der Waals surface area contributed by atoms with Crippen molar-refractivity contribution in [2.24, 2.45) is 0 Å². The SMILES string of the molecule is CCCc1nc(Br)cc(-c2cc(C)cc(F)c2)n1. The number of hydrogen-bond acceptors (Lipinski definition) is 2. The van der Waals surface area contributed by atoms with Crippen molar-refractivity contribution in [3.8, 4) is 11.3 Å². The molecule has 0 atom stereocenters. The van der Waals surface area contributed by atoms with E-state index in [1.165, 1.54) is 12.1 Å². The zero-order valence-electron chi connectivity index (χ0n) is 10.4. The van der Waals surface area contributed by atoms with Gasteiger partial charge in [0.2, 0.25) is 0 Å². The molecule has 2 nitrogen and oxygen atoms in total. The fourth-order valence-corrected chi connectivity index (χ4v) is 2.25. The highest BCUT2D eigenvalue weighted by atomic mass is 79.9. The molecule has 0 N–H and O–H groups in total. The molecule has 0 bridgehead atoms. The fraction of sp³-hybridized carbons (Fsp3) is 0.286. The molecule has 4 heteroatoms. The van der Waals surface area contributed by atoms with Crippen LogP contribution in [0.4, 0.5) is 4.39 Å². The summed E-state index contributed by atoms with van der Waals surface area (Å²) in [6.45, 7) is 3.95. The van der Waals surface area contributed by atoms with Crippen molar-refractivity contribution in [1.82, 2.24) is 9.97 Å². The van der Waals surface area contributed by atoms with Gasteiger partial charge in [-0.2, -0.15) is 0 Å². The Hall–Kier alpha value is -1.29. The monoisotopic (exact) mass is 308 g/mol. The van der Waals surface area contributed by atoms with Crippen LogP contribution in [0.25, 0.3) is 11.3 Å². The Labute approximate surface area is 114 Å². The number of benzene rings is 1.